The van der Waals surface area contributed by atoms with Gasteiger partial charge in [0.2, 0.25) is 10.0 Å². The van der Waals surface area contributed by atoms with Crippen molar-refractivity contribution >= 4 is 40.0 Å². The fourth-order valence-corrected chi connectivity index (χ4v) is 4.24. The number of hydrogen-bond acceptors (Lipinski definition) is 4. The highest BCUT2D eigenvalue weighted by molar-refractivity contribution is 14.0. The molecule has 0 saturated carbocycles. The highest BCUT2D eigenvalue weighted by Crippen LogP contribution is 2.21. The van der Waals surface area contributed by atoms with Crippen molar-refractivity contribution in [3.63, 3.8) is 0 Å². The van der Waals surface area contributed by atoms with Crippen molar-refractivity contribution in [3.05, 3.63) is 29.8 Å². The lowest BCUT2D eigenvalue weighted by molar-refractivity contribution is 0.0268. The Labute approximate surface area is 186 Å². The lowest BCUT2D eigenvalue weighted by atomic mass is 10.1. The van der Waals surface area contributed by atoms with Crippen LogP contribution < -0.4 is 10.6 Å². The Kier molecular flexibility index (Phi) is 10.2. The van der Waals surface area contributed by atoms with Gasteiger partial charge >= 0.3 is 0 Å². The highest BCUT2D eigenvalue weighted by atomic mass is 127. The fraction of sp³-hybridized carbons (Fsp3) is 0.632. The molecule has 9 heteroatoms. The third-order valence-corrected chi connectivity index (χ3v) is 6.54. The summed E-state index contributed by atoms with van der Waals surface area (Å²) < 4.78 is 32.1. The van der Waals surface area contributed by atoms with Crippen LogP contribution >= 0.6 is 24.0 Å². The molecule has 160 valence electrons. The van der Waals surface area contributed by atoms with E-state index in [1.54, 1.807) is 23.5 Å². The van der Waals surface area contributed by atoms with Crippen LogP contribution in [0, 0.1) is 0 Å². The van der Waals surface area contributed by atoms with Crippen LogP contribution in [0.5, 0.6) is 0 Å². The van der Waals surface area contributed by atoms with E-state index in [1.165, 1.54) is 0 Å². The summed E-state index contributed by atoms with van der Waals surface area (Å²) in [6.07, 6.45) is 1.87. The Morgan fingerprint density at radius 3 is 2.32 bits per heavy atom. The molecule has 0 atom stereocenters. The van der Waals surface area contributed by atoms with E-state index in [0.29, 0.717) is 37.0 Å². The molecule has 0 aliphatic carbocycles. The number of nitrogens with zero attached hydrogens (tertiary/aromatic N) is 2. The number of hydrogen-bond donors (Lipinski definition) is 2. The van der Waals surface area contributed by atoms with E-state index in [0.717, 1.165) is 24.9 Å². The summed E-state index contributed by atoms with van der Waals surface area (Å²) in [7, 11) is -1.68. The second kappa shape index (κ2) is 11.3. The second-order valence-corrected chi connectivity index (χ2v) is 9.21. The average molecular weight is 524 g/mol. The van der Waals surface area contributed by atoms with Crippen LogP contribution in [0.25, 0.3) is 0 Å². The van der Waals surface area contributed by atoms with Crippen molar-refractivity contribution in [3.8, 4) is 0 Å². The Balaban J connectivity index is 0.00000392. The zero-order valence-corrected chi connectivity index (χ0v) is 20.3. The molecule has 28 heavy (non-hydrogen) atoms. The number of methoxy groups -OCH3 is 1. The molecular weight excluding hydrogens is 491 g/mol. The van der Waals surface area contributed by atoms with Gasteiger partial charge in [-0.3, -0.25) is 0 Å². The van der Waals surface area contributed by atoms with Gasteiger partial charge in [0.25, 0.3) is 0 Å². The van der Waals surface area contributed by atoms with Gasteiger partial charge in [-0.05, 0) is 51.3 Å². The van der Waals surface area contributed by atoms with Gasteiger partial charge < -0.3 is 15.4 Å². The van der Waals surface area contributed by atoms with E-state index < -0.39 is 10.0 Å². The smallest absolute Gasteiger partial charge is 0.243 e. The van der Waals surface area contributed by atoms with Crippen LogP contribution in [0.1, 0.15) is 39.2 Å². The maximum Gasteiger partial charge on any atom is 0.243 e. The van der Waals surface area contributed by atoms with E-state index in [-0.39, 0.29) is 29.6 Å². The lowest BCUT2D eigenvalue weighted by Gasteiger charge is -2.24. The van der Waals surface area contributed by atoms with E-state index >= 15 is 0 Å². The number of benzene rings is 1. The summed E-state index contributed by atoms with van der Waals surface area (Å²) >= 11 is 0. The topological polar surface area (TPSA) is 83.0 Å². The first-order valence-corrected chi connectivity index (χ1v) is 10.9. The molecule has 1 aromatic carbocycles. The number of guanidine groups is 1. The molecule has 1 heterocycles. The SMILES string of the molecule is CCNC(=NCc1ccc(S(=O)(=O)N2CCCC2)cc1)NCC(C)(C)OC.I. The van der Waals surface area contributed by atoms with Crippen molar-refractivity contribution in [2.45, 2.75) is 50.7 Å². The predicted molar refractivity (Wildman–Crippen MR) is 124 cm³/mol. The normalized spacial score (nSPS) is 15.9. The summed E-state index contributed by atoms with van der Waals surface area (Å²) in [5, 5.41) is 6.47. The molecule has 1 aliphatic heterocycles. The summed E-state index contributed by atoms with van der Waals surface area (Å²) in [5.74, 6) is 0.705. The number of rotatable bonds is 8. The standard InChI is InChI=1S/C19H32N4O3S.HI/c1-5-20-18(22-15-19(2,3)26-4)21-14-16-8-10-17(11-9-16)27(24,25)23-12-6-7-13-23;/h8-11H,5-7,12-15H2,1-4H3,(H2,20,21,22);1H. The monoisotopic (exact) mass is 524 g/mol. The van der Waals surface area contributed by atoms with E-state index in [2.05, 4.69) is 15.6 Å². The molecule has 1 aromatic rings. The zero-order valence-electron chi connectivity index (χ0n) is 17.2. The van der Waals surface area contributed by atoms with E-state index in [4.69, 9.17) is 4.74 Å². The maximum absolute atomic E-state index is 12.6. The van der Waals surface area contributed by atoms with Gasteiger partial charge in [0.05, 0.1) is 17.0 Å². The van der Waals surface area contributed by atoms with Crippen molar-refractivity contribution in [1.82, 2.24) is 14.9 Å². The minimum absolute atomic E-state index is 0. The summed E-state index contributed by atoms with van der Waals surface area (Å²) in [4.78, 5) is 4.92. The molecule has 2 rings (SSSR count). The van der Waals surface area contributed by atoms with Gasteiger partial charge in [-0.15, -0.1) is 24.0 Å². The summed E-state index contributed by atoms with van der Waals surface area (Å²) in [6.45, 7) is 9.10. The largest absolute Gasteiger partial charge is 0.377 e. The average Bonchev–Trinajstić information content (AvgIpc) is 3.20. The molecule has 0 spiro atoms. The van der Waals surface area contributed by atoms with Gasteiger partial charge in [-0.2, -0.15) is 4.31 Å². The van der Waals surface area contributed by atoms with Crippen LogP contribution in [-0.2, 0) is 21.3 Å². The summed E-state index contributed by atoms with van der Waals surface area (Å²) in [5.41, 5.74) is 0.667. The number of halogens is 1. The molecule has 7 nitrogen and oxygen atoms in total. The zero-order chi connectivity index (χ0) is 19.9. The molecule has 1 fully saturated rings. The maximum atomic E-state index is 12.6. The van der Waals surface area contributed by atoms with Crippen molar-refractivity contribution < 1.29 is 13.2 Å². The second-order valence-electron chi connectivity index (χ2n) is 7.27. The van der Waals surface area contributed by atoms with E-state index in [9.17, 15) is 8.42 Å². The first kappa shape index (κ1) is 25.1. The molecule has 0 aromatic heterocycles. The number of nitrogens with one attached hydrogen (secondary N) is 2. The molecular formula is C19H33IN4O3S. The Morgan fingerprint density at radius 1 is 1.18 bits per heavy atom. The number of aliphatic imine (C=N–C) groups is 1. The Hall–Kier alpha value is -0.910. The molecule has 1 aliphatic rings. The quantitative estimate of drug-likeness (QED) is 0.311. The first-order valence-electron chi connectivity index (χ1n) is 9.45. The van der Waals surface area contributed by atoms with Crippen LogP contribution in [0.15, 0.2) is 34.2 Å². The van der Waals surface area contributed by atoms with Crippen LogP contribution in [0.2, 0.25) is 0 Å². The lowest BCUT2D eigenvalue weighted by Crippen LogP contribution is -2.45. The Morgan fingerprint density at radius 2 is 1.79 bits per heavy atom. The van der Waals surface area contributed by atoms with Gasteiger partial charge in [-0.1, -0.05) is 12.1 Å². The van der Waals surface area contributed by atoms with Crippen molar-refractivity contribution in [2.75, 3.05) is 33.3 Å². The highest BCUT2D eigenvalue weighted by Gasteiger charge is 2.26. The van der Waals surface area contributed by atoms with Gasteiger partial charge in [-0.25, -0.2) is 13.4 Å². The molecule has 2 N–H and O–H groups in total. The van der Waals surface area contributed by atoms with Crippen molar-refractivity contribution in [1.29, 1.82) is 0 Å². The van der Waals surface area contributed by atoms with Crippen LogP contribution in [-0.4, -0.2) is 57.6 Å². The van der Waals surface area contributed by atoms with Gasteiger partial charge in [0.1, 0.15) is 0 Å². The van der Waals surface area contributed by atoms with Crippen molar-refractivity contribution in [2.24, 2.45) is 4.99 Å². The minimum Gasteiger partial charge on any atom is -0.377 e. The fourth-order valence-electron chi connectivity index (χ4n) is 2.73. The number of ether oxygens (including phenoxy) is 1. The summed E-state index contributed by atoms with van der Waals surface area (Å²) in [6, 6.07) is 7.00. The number of sulfonamides is 1. The van der Waals surface area contributed by atoms with E-state index in [1.807, 2.05) is 32.9 Å². The third-order valence-electron chi connectivity index (χ3n) is 4.62. The molecule has 0 bridgehead atoms. The van der Waals surface area contributed by atoms with Crippen LogP contribution in [0.3, 0.4) is 0 Å². The molecule has 0 radical (unpaired) electrons. The Bertz CT molecular complexity index is 730. The van der Waals surface area contributed by atoms with Crippen LogP contribution in [0.4, 0.5) is 0 Å². The molecule has 0 amide bonds. The minimum atomic E-state index is -3.36. The van der Waals surface area contributed by atoms with Gasteiger partial charge in [0, 0.05) is 33.3 Å². The van der Waals surface area contributed by atoms with Gasteiger partial charge in [0.15, 0.2) is 5.96 Å². The third kappa shape index (κ3) is 7.16. The molecule has 0 unspecified atom stereocenters. The predicted octanol–water partition coefficient (Wildman–Crippen LogP) is 2.57. The molecule has 1 saturated heterocycles. The first-order chi connectivity index (χ1) is 12.8.